The number of hydrogen-bond donors (Lipinski definition) is 25. The molecule has 6 rings (SSSR count). The van der Waals surface area contributed by atoms with Crippen LogP contribution in [0.2, 0.25) is 0 Å². The number of carbonyl (C=O) groups is 16. The number of H-pyrrole nitrogens is 1. The fourth-order valence-corrected chi connectivity index (χ4v) is 12.7. The number of urea groups is 1. The summed E-state index contributed by atoms with van der Waals surface area (Å²) < 4.78 is 1.04. The largest absolute Gasteiger partial charge is 0.508 e. The van der Waals surface area contributed by atoms with Gasteiger partial charge in [0.15, 0.2) is 5.96 Å². The van der Waals surface area contributed by atoms with E-state index in [0.717, 1.165) is 16.5 Å². The molecule has 0 spiro atoms. The van der Waals surface area contributed by atoms with Crippen molar-refractivity contribution in [2.45, 2.75) is 182 Å². The molecule has 43 nitrogen and oxygen atoms in total. The number of thiol groups is 2. The lowest BCUT2D eigenvalue weighted by Crippen LogP contribution is -2.62. The zero-order valence-corrected chi connectivity index (χ0v) is 63.2. The highest BCUT2D eigenvalue weighted by Gasteiger charge is 2.43. The van der Waals surface area contributed by atoms with Gasteiger partial charge >= 0.3 is 18.0 Å². The molecule has 2 bridgehead atoms. The number of carboxylic acid groups (broad SMARTS) is 2. The molecule has 4 aromatic rings. The van der Waals surface area contributed by atoms with E-state index >= 15 is 4.79 Å². The van der Waals surface area contributed by atoms with Gasteiger partial charge in [-0.1, -0.05) is 35.5 Å². The number of carbonyl (C=O) groups excluding carboxylic acids is 14. The first-order valence-corrected chi connectivity index (χ1v) is 37.2. The number of nitrogens with zero attached hydrogens (tertiary/aromatic N) is 4. The fourth-order valence-electron chi connectivity index (χ4n) is 12.2. The van der Waals surface area contributed by atoms with Crippen LogP contribution >= 0.6 is 25.3 Å². The van der Waals surface area contributed by atoms with E-state index < -0.39 is 217 Å². The molecule has 616 valence electrons. The van der Waals surface area contributed by atoms with Gasteiger partial charge in [-0.25, -0.2) is 14.3 Å². The van der Waals surface area contributed by atoms with E-state index in [1.807, 2.05) is 0 Å². The Morgan fingerprint density at radius 1 is 0.690 bits per heavy atom. The highest BCUT2D eigenvalue weighted by atomic mass is 32.1. The van der Waals surface area contributed by atoms with Crippen LogP contribution in [0, 0.1) is 5.41 Å². The second-order valence-corrected chi connectivity index (χ2v) is 27.5. The van der Waals surface area contributed by atoms with E-state index in [9.17, 15) is 92.3 Å². The molecule has 2 aliphatic rings. The van der Waals surface area contributed by atoms with Crippen LogP contribution in [0.4, 0.5) is 4.79 Å². The van der Waals surface area contributed by atoms with Gasteiger partial charge in [0.05, 0.1) is 31.3 Å². The summed E-state index contributed by atoms with van der Waals surface area (Å²) in [7, 11) is 0. The molecule has 4 heterocycles. The predicted molar refractivity (Wildman–Crippen MR) is 405 cm³/mol. The number of aliphatic hydroxyl groups excluding tert-OH is 1. The lowest BCUT2D eigenvalue weighted by molar-refractivity contribution is -0.146. The Balaban J connectivity index is 1.47. The van der Waals surface area contributed by atoms with Gasteiger partial charge < -0.3 is 122 Å². The number of aromatic hydroxyl groups is 1. The minimum Gasteiger partial charge on any atom is -0.508 e. The highest BCUT2D eigenvalue weighted by molar-refractivity contribution is 7.80. The number of rotatable bonds is 27. The number of phenols is 1. The molecule has 0 aliphatic carbocycles. The van der Waals surface area contributed by atoms with Crippen LogP contribution in [-0.4, -0.2) is 262 Å². The minimum atomic E-state index is -2.07. The van der Waals surface area contributed by atoms with Crippen molar-refractivity contribution >= 4 is 137 Å². The maximum atomic E-state index is 15.1. The SMILES string of the molecule is C[C@@H](O)[C@@H]1NC(=O)[C@@H](NC(=O)C(CS)NC(=O)CN)Cn2cc(nn2)CCC[C@H](C(=O)N[C@@H](Cc2ccc(O)cc2)C(=O)O)NC(=O)[C@H](CCC(N)=O)NC(=O)C(Cc2c[nH]c3ccccc23)NC(=O)[C@H](CCCNC(N)=O)NC(=O)[C@H](CS)NC(=O)[C@H](CCCNC(=N)N)NC(=O)C2CCCN2C(=O)[C@H](CC(=O)O)NC1=O. The summed E-state index contributed by atoms with van der Waals surface area (Å²) in [6.07, 6.45) is -3.38. The van der Waals surface area contributed by atoms with Crippen LogP contribution in [0.15, 0.2) is 60.9 Å². The molecule has 0 radical (unpaired) electrons. The van der Waals surface area contributed by atoms with Crippen molar-refractivity contribution in [2.24, 2.45) is 22.9 Å². The van der Waals surface area contributed by atoms with E-state index in [-0.39, 0.29) is 107 Å². The number of aliphatic carboxylic acids is 2. The molecule has 113 heavy (non-hydrogen) atoms. The molecule has 2 aromatic heterocycles. The molecule has 1 saturated heterocycles. The lowest BCUT2D eigenvalue weighted by Gasteiger charge is -2.31. The minimum absolute atomic E-state index is 0.00365. The highest BCUT2D eigenvalue weighted by Crippen LogP contribution is 2.23. The number of benzene rings is 2. The molecule has 2 aliphatic heterocycles. The van der Waals surface area contributed by atoms with E-state index in [4.69, 9.17) is 28.3 Å². The molecule has 27 N–H and O–H groups in total. The third-order valence-corrected chi connectivity index (χ3v) is 18.9. The van der Waals surface area contributed by atoms with Crippen LogP contribution in [0.5, 0.6) is 5.75 Å². The summed E-state index contributed by atoms with van der Waals surface area (Å²) in [6.45, 7) is -0.644. The molecule has 0 saturated carbocycles. The van der Waals surface area contributed by atoms with Crippen LogP contribution in [0.25, 0.3) is 10.9 Å². The van der Waals surface area contributed by atoms with Gasteiger partial charge in [0.1, 0.15) is 78.3 Å². The Hall–Kier alpha value is -11.9. The summed E-state index contributed by atoms with van der Waals surface area (Å²) in [5.41, 5.74) is 23.4. The monoisotopic (exact) mass is 1620 g/mol. The van der Waals surface area contributed by atoms with E-state index in [1.165, 1.54) is 36.7 Å². The van der Waals surface area contributed by atoms with Crippen LogP contribution in [-0.2, 0) is 97.7 Å². The van der Waals surface area contributed by atoms with Crippen molar-refractivity contribution in [1.29, 1.82) is 5.41 Å². The van der Waals surface area contributed by atoms with Gasteiger partial charge in [-0.3, -0.25) is 72.5 Å². The van der Waals surface area contributed by atoms with E-state index in [1.54, 1.807) is 24.3 Å². The second kappa shape index (κ2) is 44.2. The average Bonchev–Trinajstić information content (AvgIpc) is 1.67. The number of aromatic nitrogens is 4. The fraction of sp³-hybridized carbons (Fsp3) is 0.515. The number of hydrogen-bond acceptors (Lipinski definition) is 24. The Labute approximate surface area is 656 Å². The molecular weight excluding hydrogens is 1520 g/mol. The first kappa shape index (κ1) is 90.0. The topological polar surface area (TPSA) is 688 Å². The number of nitrogens with two attached hydrogens (primary N) is 4. The van der Waals surface area contributed by atoms with Crippen molar-refractivity contribution < 1.29 is 97.1 Å². The molecular formula is C68H97N23O20S2. The van der Waals surface area contributed by atoms with Gasteiger partial charge in [-0.2, -0.15) is 25.3 Å². The average molecular weight is 1620 g/mol. The third kappa shape index (κ3) is 28.4. The zero-order chi connectivity index (χ0) is 83.2. The Morgan fingerprint density at radius 3 is 1.90 bits per heavy atom. The Bertz CT molecular complexity index is 4090. The van der Waals surface area contributed by atoms with Gasteiger partial charge in [0, 0.05) is 73.7 Å². The predicted octanol–water partition coefficient (Wildman–Crippen LogP) is -7.65. The van der Waals surface area contributed by atoms with Crippen LogP contribution < -0.4 is 92.1 Å². The van der Waals surface area contributed by atoms with Crippen molar-refractivity contribution in [1.82, 2.24) is 94.0 Å². The maximum absolute atomic E-state index is 15.1. The summed E-state index contributed by atoms with van der Waals surface area (Å²) >= 11 is 8.48. The summed E-state index contributed by atoms with van der Waals surface area (Å²) in [6, 6.07) is -9.47. The van der Waals surface area contributed by atoms with Gasteiger partial charge in [0.25, 0.3) is 0 Å². The Kier molecular flexibility index (Phi) is 35.2. The number of aliphatic hydroxyl groups is 1. The number of phenolic OH excluding ortho intramolecular Hbond substituents is 1. The summed E-state index contributed by atoms with van der Waals surface area (Å²) in [4.78, 5) is 227. The zero-order valence-electron chi connectivity index (χ0n) is 61.4. The lowest BCUT2D eigenvalue weighted by atomic mass is 10.0. The number of amides is 15. The quantitative estimate of drug-likeness (QED) is 0.0114. The number of fused-ring (bicyclic) bond motifs is 4. The molecule has 45 heteroatoms. The first-order chi connectivity index (χ1) is 53.7. The standard InChI is InChI=1S/C68H97N23O20S2/c1-33(92)54-64(107)83-45(26-53(96)97)65(108)91-23-7-14-50(91)63(106)81-42(12-5-21-74-67(71)72)57(100)86-49(32-113)62(105)79-41(13-6-22-75-68(73)111)55(98)82-44(25-35-28-76-39-10-3-2-9-38(35)39)59(102)80-43(19-20-51(70)94)58(101)78-40(56(99)84-46(66(109)110)24-34-15-17-37(93)18-16-34)11-4-8-36-29-90(89-88-36)30-47(60(103)87-54)85-61(104)48(31-112)77-52(95)27-69/h2-3,9-10,15-18,28-29,33,40-50,54,76,92-93,112-113H,4-8,11-14,19-27,30-32,69H2,1H3,(H2,70,94)(H,77,95)(H,78,101)(H,79,105)(H,80,102)(H,81,106)(H,82,98)(H,83,107)(H,84,99)(H,85,104)(H,86,100)(H,87,103)(H,96,97)(H,109,110)(H4,71,72,74)(H3,73,75,111)/t33-,40-,41+,42+,43+,44?,45+,46+,47+,48?,49+,50?,54+/m1/s1. The van der Waals surface area contributed by atoms with E-state index in [0.29, 0.717) is 22.0 Å². The number of aryl methyl sites for hydroxylation is 1. The van der Waals surface area contributed by atoms with E-state index in [2.05, 4.69) is 110 Å². The number of carboxylic acids is 2. The Morgan fingerprint density at radius 2 is 1.29 bits per heavy atom. The number of aromatic amines is 1. The van der Waals surface area contributed by atoms with Crippen molar-refractivity contribution in [3.05, 3.63) is 77.7 Å². The van der Waals surface area contributed by atoms with Gasteiger partial charge in [-0.15, -0.1) is 5.10 Å². The van der Waals surface area contributed by atoms with Crippen LogP contribution in [0.3, 0.4) is 0 Å². The number of primary amides is 2. The first-order valence-electron chi connectivity index (χ1n) is 36.0. The maximum Gasteiger partial charge on any atom is 0.326 e. The van der Waals surface area contributed by atoms with Gasteiger partial charge in [-0.05, 0) is 100 Å². The molecule has 2 aromatic carbocycles. The second-order valence-electron chi connectivity index (χ2n) is 26.8. The molecule has 15 amide bonds. The number of nitrogens with one attached hydrogen (secondary N) is 15. The number of guanidine groups is 1. The summed E-state index contributed by atoms with van der Waals surface area (Å²) in [5, 5.41) is 90.1. The van der Waals surface area contributed by atoms with Crippen LogP contribution in [0.1, 0.15) is 94.4 Å². The number of para-hydroxylation sites is 1. The smallest absolute Gasteiger partial charge is 0.326 e. The summed E-state index contributed by atoms with van der Waals surface area (Å²) in [5.74, 6) is -18.8. The molecule has 3 unspecified atom stereocenters. The van der Waals surface area contributed by atoms with Crippen molar-refractivity contribution in [2.75, 3.05) is 37.7 Å². The molecule has 1 fully saturated rings. The van der Waals surface area contributed by atoms with Crippen molar-refractivity contribution in [3.8, 4) is 5.75 Å². The van der Waals surface area contributed by atoms with Gasteiger partial charge in [0.2, 0.25) is 76.8 Å². The third-order valence-electron chi connectivity index (χ3n) is 18.1. The molecule has 13 atom stereocenters. The van der Waals surface area contributed by atoms with Crippen molar-refractivity contribution in [3.63, 3.8) is 0 Å². The normalized spacial score (nSPS) is 22.5.